The van der Waals surface area contributed by atoms with Crippen molar-refractivity contribution in [3.8, 4) is 0 Å². The minimum atomic E-state index is -0.352. The highest BCUT2D eigenvalue weighted by Crippen LogP contribution is 2.43. The molecule has 1 aliphatic rings. The molecule has 0 saturated carbocycles. The number of hydrogen-bond acceptors (Lipinski definition) is 6. The van der Waals surface area contributed by atoms with E-state index in [1.807, 2.05) is 30.3 Å². The first kappa shape index (κ1) is 23.6. The Morgan fingerprint density at radius 1 is 1.17 bits per heavy atom. The summed E-state index contributed by atoms with van der Waals surface area (Å²) in [7, 11) is 0. The molecule has 4 aromatic rings. The van der Waals surface area contributed by atoms with Crippen LogP contribution in [0.3, 0.4) is 0 Å². The molecule has 35 heavy (non-hydrogen) atoms. The molecule has 180 valence electrons. The standard InChI is InChI=1S/C27H27N3O3S2/c1-2-33-26(32)24-19-13-12-18(17-8-4-3-5-9-17)16-22(19)35-25(24)30-23(31)14-15-34-27-28-20-10-6-7-11-21(20)29-27/h3-11,18H,2,12-16H2,1H3,(H,28,29)(H,30,31). The highest BCUT2D eigenvalue weighted by molar-refractivity contribution is 7.99. The third kappa shape index (κ3) is 5.28. The fourth-order valence-electron chi connectivity index (χ4n) is 4.53. The number of nitrogens with zero attached hydrogens (tertiary/aromatic N) is 1. The average molecular weight is 506 g/mol. The van der Waals surface area contributed by atoms with Gasteiger partial charge in [0.05, 0.1) is 23.2 Å². The van der Waals surface area contributed by atoms with E-state index in [1.54, 1.807) is 6.92 Å². The maximum Gasteiger partial charge on any atom is 0.341 e. The lowest BCUT2D eigenvalue weighted by Crippen LogP contribution is -2.17. The summed E-state index contributed by atoms with van der Waals surface area (Å²) in [5.74, 6) is 0.537. The summed E-state index contributed by atoms with van der Waals surface area (Å²) in [5.41, 5.74) is 4.79. The predicted molar refractivity (Wildman–Crippen MR) is 142 cm³/mol. The number of amides is 1. The molecule has 2 heterocycles. The first-order valence-electron chi connectivity index (χ1n) is 11.9. The molecular weight excluding hydrogens is 478 g/mol. The van der Waals surface area contributed by atoms with E-state index in [9.17, 15) is 9.59 Å². The van der Waals surface area contributed by atoms with Crippen LogP contribution in [0.2, 0.25) is 0 Å². The summed E-state index contributed by atoms with van der Waals surface area (Å²) in [6.07, 6.45) is 2.96. The Bertz CT molecular complexity index is 1310. The van der Waals surface area contributed by atoms with Gasteiger partial charge in [0.25, 0.3) is 0 Å². The first-order valence-corrected chi connectivity index (χ1v) is 13.7. The van der Waals surface area contributed by atoms with Gasteiger partial charge >= 0.3 is 5.97 Å². The fraction of sp³-hybridized carbons (Fsp3) is 0.296. The monoisotopic (exact) mass is 505 g/mol. The van der Waals surface area contributed by atoms with E-state index in [1.165, 1.54) is 33.5 Å². The number of carbonyl (C=O) groups excluding carboxylic acids is 2. The number of imidazole rings is 1. The summed E-state index contributed by atoms with van der Waals surface area (Å²) >= 11 is 3.03. The van der Waals surface area contributed by atoms with Crippen LogP contribution in [0.5, 0.6) is 0 Å². The molecule has 0 saturated heterocycles. The van der Waals surface area contributed by atoms with Crippen molar-refractivity contribution in [1.82, 2.24) is 9.97 Å². The van der Waals surface area contributed by atoms with E-state index in [0.29, 0.717) is 35.3 Å². The zero-order chi connectivity index (χ0) is 24.2. The largest absolute Gasteiger partial charge is 0.462 e. The average Bonchev–Trinajstić information content (AvgIpc) is 3.44. The summed E-state index contributed by atoms with van der Waals surface area (Å²) < 4.78 is 5.35. The van der Waals surface area contributed by atoms with Gasteiger partial charge < -0.3 is 15.0 Å². The topological polar surface area (TPSA) is 84.1 Å². The second-order valence-corrected chi connectivity index (χ2v) is 10.7. The highest BCUT2D eigenvalue weighted by Gasteiger charge is 2.30. The van der Waals surface area contributed by atoms with Crippen molar-refractivity contribution >= 4 is 51.0 Å². The number of aromatic amines is 1. The van der Waals surface area contributed by atoms with Crippen molar-refractivity contribution in [1.29, 1.82) is 0 Å². The van der Waals surface area contributed by atoms with Gasteiger partial charge in [-0.05, 0) is 55.4 Å². The van der Waals surface area contributed by atoms with E-state index in [-0.39, 0.29) is 11.9 Å². The van der Waals surface area contributed by atoms with Crippen molar-refractivity contribution in [2.75, 3.05) is 17.7 Å². The number of thioether (sulfide) groups is 1. The zero-order valence-corrected chi connectivity index (χ0v) is 21.1. The second-order valence-electron chi connectivity index (χ2n) is 8.48. The number of rotatable bonds is 8. The Morgan fingerprint density at radius 3 is 2.77 bits per heavy atom. The van der Waals surface area contributed by atoms with Gasteiger partial charge in [-0.25, -0.2) is 9.78 Å². The lowest BCUT2D eigenvalue weighted by atomic mass is 9.83. The van der Waals surface area contributed by atoms with E-state index in [0.717, 1.165) is 41.0 Å². The van der Waals surface area contributed by atoms with Gasteiger partial charge in [-0.3, -0.25) is 4.79 Å². The quantitative estimate of drug-likeness (QED) is 0.220. The molecule has 2 N–H and O–H groups in total. The predicted octanol–water partition coefficient (Wildman–Crippen LogP) is 6.19. The van der Waals surface area contributed by atoms with Crippen LogP contribution in [0, 0.1) is 0 Å². The Balaban J connectivity index is 1.27. The number of esters is 1. The van der Waals surface area contributed by atoms with Gasteiger partial charge in [0.1, 0.15) is 5.00 Å². The summed E-state index contributed by atoms with van der Waals surface area (Å²) in [6, 6.07) is 18.4. The van der Waals surface area contributed by atoms with Crippen molar-refractivity contribution in [2.24, 2.45) is 0 Å². The highest BCUT2D eigenvalue weighted by atomic mass is 32.2. The Labute approximate surface area is 212 Å². The summed E-state index contributed by atoms with van der Waals surface area (Å²) in [6.45, 7) is 2.10. The molecule has 0 fully saturated rings. The SMILES string of the molecule is CCOC(=O)c1c(NC(=O)CCSc2nc3ccccc3[nH]2)sc2c1CCC(c1ccccc1)C2. The van der Waals surface area contributed by atoms with E-state index in [4.69, 9.17) is 4.74 Å². The molecule has 1 amide bonds. The number of benzene rings is 2. The number of carbonyl (C=O) groups is 2. The molecule has 6 nitrogen and oxygen atoms in total. The maximum atomic E-state index is 12.8. The molecule has 1 aliphatic carbocycles. The lowest BCUT2D eigenvalue weighted by Gasteiger charge is -2.23. The molecule has 5 rings (SSSR count). The number of anilines is 1. The van der Waals surface area contributed by atoms with Crippen molar-refractivity contribution in [3.05, 3.63) is 76.2 Å². The lowest BCUT2D eigenvalue weighted by molar-refractivity contribution is -0.115. The third-order valence-corrected chi connectivity index (χ3v) is 8.25. The number of para-hydroxylation sites is 2. The summed E-state index contributed by atoms with van der Waals surface area (Å²) in [4.78, 5) is 34.6. The minimum Gasteiger partial charge on any atom is -0.462 e. The van der Waals surface area contributed by atoms with Gasteiger partial charge in [-0.2, -0.15) is 0 Å². The van der Waals surface area contributed by atoms with Crippen molar-refractivity contribution in [3.63, 3.8) is 0 Å². The molecular formula is C27H27N3O3S2. The van der Waals surface area contributed by atoms with Crippen molar-refractivity contribution in [2.45, 2.75) is 43.7 Å². The Kier molecular flexibility index (Phi) is 7.20. The minimum absolute atomic E-state index is 0.114. The van der Waals surface area contributed by atoms with E-state index < -0.39 is 0 Å². The number of thiophene rings is 1. The molecule has 1 atom stereocenters. The van der Waals surface area contributed by atoms with Gasteiger partial charge in [-0.1, -0.05) is 54.2 Å². The number of fused-ring (bicyclic) bond motifs is 2. The van der Waals surface area contributed by atoms with Gasteiger partial charge in [0.2, 0.25) is 5.91 Å². The normalized spacial score (nSPS) is 15.1. The first-order chi connectivity index (χ1) is 17.1. The molecule has 0 spiro atoms. The molecule has 0 radical (unpaired) electrons. The number of ether oxygens (including phenoxy) is 1. The zero-order valence-electron chi connectivity index (χ0n) is 19.5. The number of aromatic nitrogens is 2. The van der Waals surface area contributed by atoms with Crippen LogP contribution in [0.15, 0.2) is 59.8 Å². The van der Waals surface area contributed by atoms with Crippen LogP contribution in [0.4, 0.5) is 5.00 Å². The molecule has 2 aromatic heterocycles. The van der Waals surface area contributed by atoms with Gasteiger partial charge in [-0.15, -0.1) is 11.3 Å². The van der Waals surface area contributed by atoms with Crippen LogP contribution in [-0.2, 0) is 22.4 Å². The van der Waals surface area contributed by atoms with Crippen LogP contribution in [0.25, 0.3) is 11.0 Å². The van der Waals surface area contributed by atoms with Gasteiger partial charge in [0, 0.05) is 17.1 Å². The van der Waals surface area contributed by atoms with Crippen LogP contribution >= 0.6 is 23.1 Å². The summed E-state index contributed by atoms with van der Waals surface area (Å²) in [5, 5.41) is 4.42. The van der Waals surface area contributed by atoms with Crippen LogP contribution < -0.4 is 5.32 Å². The van der Waals surface area contributed by atoms with Crippen molar-refractivity contribution < 1.29 is 14.3 Å². The molecule has 0 aliphatic heterocycles. The Morgan fingerprint density at radius 2 is 1.97 bits per heavy atom. The maximum absolute atomic E-state index is 12.8. The van der Waals surface area contributed by atoms with Gasteiger partial charge in [0.15, 0.2) is 5.16 Å². The second kappa shape index (κ2) is 10.7. The van der Waals surface area contributed by atoms with Crippen LogP contribution in [0.1, 0.15) is 52.0 Å². The smallest absolute Gasteiger partial charge is 0.341 e. The molecule has 0 bridgehead atoms. The third-order valence-electron chi connectivity index (χ3n) is 6.20. The number of H-pyrrole nitrogens is 1. The molecule has 1 unspecified atom stereocenters. The number of hydrogen-bond donors (Lipinski definition) is 2. The fourth-order valence-corrected chi connectivity index (χ4v) is 6.69. The molecule has 8 heteroatoms. The van der Waals surface area contributed by atoms with E-state index >= 15 is 0 Å². The van der Waals surface area contributed by atoms with E-state index in [2.05, 4.69) is 39.6 Å². The van der Waals surface area contributed by atoms with Crippen LogP contribution in [-0.4, -0.2) is 34.2 Å². The number of nitrogens with one attached hydrogen (secondary N) is 2. The molecule has 2 aromatic carbocycles. The Hall–Kier alpha value is -3.10.